The second kappa shape index (κ2) is 12.6. The van der Waals surface area contributed by atoms with Crippen LogP contribution < -0.4 is 0 Å². The SMILES string of the molecule is C=C1[C@@H](OCOC)CC[C@]2(C)[C@@H]1C[C@H]1C(O[Si](C)(C)C(C)(C)C)=CC[C@@H]([C@@H](OCOC)[C@@H]2OCOC)C1(C)C. The van der Waals surface area contributed by atoms with E-state index < -0.39 is 8.32 Å². The van der Waals surface area contributed by atoms with Gasteiger partial charge in [-0.3, -0.25) is 0 Å². The average Bonchev–Trinajstić information content (AvgIpc) is 2.84. The summed E-state index contributed by atoms with van der Waals surface area (Å²) in [6.45, 7) is 24.1. The fourth-order valence-corrected chi connectivity index (χ4v) is 8.12. The zero-order valence-electron chi connectivity index (χ0n) is 26.6. The van der Waals surface area contributed by atoms with Crippen LogP contribution in [0.5, 0.6) is 0 Å². The highest BCUT2D eigenvalue weighted by Gasteiger charge is 2.60. The van der Waals surface area contributed by atoms with Gasteiger partial charge in [0.25, 0.3) is 0 Å². The highest BCUT2D eigenvalue weighted by molar-refractivity contribution is 6.74. The number of rotatable bonds is 11. The molecule has 3 aliphatic rings. The van der Waals surface area contributed by atoms with Gasteiger partial charge in [-0.1, -0.05) is 48.1 Å². The molecule has 8 heteroatoms. The van der Waals surface area contributed by atoms with Crippen LogP contribution in [0, 0.1) is 28.6 Å². The van der Waals surface area contributed by atoms with E-state index in [4.69, 9.17) is 32.8 Å². The Bertz CT molecular complexity index is 863. The molecule has 0 radical (unpaired) electrons. The standard InChI is InChI=1S/C31H56O7Si/c1-21-23-17-24-26(38-39(11,12)29(2,3)4)14-13-22(30(24,5)6)27(36-19-33-9)28(37-20-34-10)31(23,7)16-15-25(21)35-18-32-8/h14,22-25,27-28H,1,13,15-20H2,2-12H3/t22-,23+,24-,25-,27+,28-,31+/m0/s1. The van der Waals surface area contributed by atoms with Gasteiger partial charge in [0.2, 0.25) is 8.32 Å². The maximum Gasteiger partial charge on any atom is 0.250 e. The molecule has 0 amide bonds. The average molecular weight is 569 g/mol. The molecule has 0 aliphatic heterocycles. The Morgan fingerprint density at radius 3 is 2.10 bits per heavy atom. The lowest BCUT2D eigenvalue weighted by Crippen LogP contribution is -2.61. The van der Waals surface area contributed by atoms with Crippen molar-refractivity contribution in [2.45, 2.75) is 104 Å². The molecular weight excluding hydrogens is 512 g/mol. The normalized spacial score (nSPS) is 35.1. The first-order valence-electron chi connectivity index (χ1n) is 14.5. The van der Waals surface area contributed by atoms with Gasteiger partial charge in [-0.15, -0.1) is 0 Å². The van der Waals surface area contributed by atoms with Crippen LogP contribution in [0.3, 0.4) is 0 Å². The third-order valence-electron chi connectivity index (χ3n) is 10.5. The van der Waals surface area contributed by atoms with Gasteiger partial charge in [-0.2, -0.15) is 0 Å². The van der Waals surface area contributed by atoms with Crippen molar-refractivity contribution in [2.75, 3.05) is 41.7 Å². The molecule has 0 saturated heterocycles. The molecule has 2 bridgehead atoms. The second-order valence-corrected chi connectivity index (χ2v) is 18.9. The van der Waals surface area contributed by atoms with E-state index in [1.807, 2.05) is 0 Å². The summed E-state index contributed by atoms with van der Waals surface area (Å²) in [6.07, 6.45) is 5.51. The number of hydrogen-bond acceptors (Lipinski definition) is 7. The Hall–Kier alpha value is -0.743. The van der Waals surface area contributed by atoms with E-state index in [1.165, 1.54) is 0 Å². The van der Waals surface area contributed by atoms with Gasteiger partial charge < -0.3 is 32.8 Å². The highest BCUT2D eigenvalue weighted by Crippen LogP contribution is 2.61. The van der Waals surface area contributed by atoms with E-state index >= 15 is 0 Å². The fraction of sp³-hybridized carbons (Fsp3) is 0.871. The maximum absolute atomic E-state index is 7.11. The van der Waals surface area contributed by atoms with Crippen LogP contribution in [-0.2, 0) is 32.8 Å². The van der Waals surface area contributed by atoms with Crippen molar-refractivity contribution in [3.63, 3.8) is 0 Å². The topological polar surface area (TPSA) is 64.6 Å². The van der Waals surface area contributed by atoms with Gasteiger partial charge in [-0.25, -0.2) is 0 Å². The molecule has 7 nitrogen and oxygen atoms in total. The summed E-state index contributed by atoms with van der Waals surface area (Å²) in [4.78, 5) is 0. The molecule has 0 heterocycles. The molecule has 3 rings (SSSR count). The summed E-state index contributed by atoms with van der Waals surface area (Å²) in [5.41, 5.74) is 0.776. The first-order chi connectivity index (χ1) is 18.2. The molecule has 0 spiro atoms. The summed E-state index contributed by atoms with van der Waals surface area (Å²) >= 11 is 0. The Labute approximate surface area is 239 Å². The fourth-order valence-electron chi connectivity index (χ4n) is 7.00. The number of hydrogen-bond donors (Lipinski definition) is 0. The number of allylic oxidation sites excluding steroid dienone is 2. The van der Waals surface area contributed by atoms with Crippen LogP contribution in [-0.4, -0.2) is 68.3 Å². The van der Waals surface area contributed by atoms with Crippen molar-refractivity contribution in [3.05, 3.63) is 24.0 Å². The van der Waals surface area contributed by atoms with Crippen LogP contribution in [0.2, 0.25) is 18.1 Å². The van der Waals surface area contributed by atoms with E-state index in [0.29, 0.717) is 0 Å². The lowest BCUT2D eigenvalue weighted by molar-refractivity contribution is -0.240. The smallest absolute Gasteiger partial charge is 0.250 e. The third kappa shape index (κ3) is 6.52. The molecule has 0 aromatic heterocycles. The van der Waals surface area contributed by atoms with Crippen LogP contribution in [0.1, 0.15) is 67.2 Å². The molecule has 0 aromatic carbocycles. The molecule has 2 saturated carbocycles. The Morgan fingerprint density at radius 1 is 0.923 bits per heavy atom. The highest BCUT2D eigenvalue weighted by atomic mass is 28.4. The summed E-state index contributed by atoms with van der Waals surface area (Å²) < 4.78 is 42.6. The van der Waals surface area contributed by atoms with Gasteiger partial charge in [-0.05, 0) is 72.7 Å². The molecule has 0 aromatic rings. The van der Waals surface area contributed by atoms with E-state index in [0.717, 1.165) is 37.0 Å². The largest absolute Gasteiger partial charge is 0.547 e. The summed E-state index contributed by atoms with van der Waals surface area (Å²) in [7, 11) is 2.98. The monoisotopic (exact) mass is 568 g/mol. The minimum atomic E-state index is -2.04. The minimum Gasteiger partial charge on any atom is -0.547 e. The molecule has 0 N–H and O–H groups in total. The van der Waals surface area contributed by atoms with Gasteiger partial charge in [0, 0.05) is 32.7 Å². The van der Waals surface area contributed by atoms with E-state index in [2.05, 4.69) is 67.3 Å². The lowest BCUT2D eigenvalue weighted by Gasteiger charge is -2.60. The van der Waals surface area contributed by atoms with Crippen LogP contribution in [0.15, 0.2) is 24.0 Å². The van der Waals surface area contributed by atoms with Crippen molar-refractivity contribution in [3.8, 4) is 0 Å². The molecule has 2 fully saturated rings. The van der Waals surface area contributed by atoms with Gasteiger partial charge in [0.05, 0.1) is 24.1 Å². The molecule has 3 aliphatic carbocycles. The molecular formula is C31H56O7Si. The minimum absolute atomic E-state index is 0.0555. The number of fused-ring (bicyclic) bond motifs is 3. The Kier molecular flexibility index (Phi) is 10.6. The zero-order valence-corrected chi connectivity index (χ0v) is 27.6. The van der Waals surface area contributed by atoms with Crippen LogP contribution in [0.4, 0.5) is 0 Å². The summed E-state index contributed by atoms with van der Waals surface area (Å²) in [5.74, 6) is 1.72. The lowest BCUT2D eigenvalue weighted by atomic mass is 9.50. The van der Waals surface area contributed by atoms with Crippen molar-refractivity contribution in [2.24, 2.45) is 28.6 Å². The van der Waals surface area contributed by atoms with Crippen molar-refractivity contribution < 1.29 is 32.8 Å². The molecule has 226 valence electrons. The van der Waals surface area contributed by atoms with Crippen LogP contribution >= 0.6 is 0 Å². The first-order valence-corrected chi connectivity index (χ1v) is 17.5. The Balaban J connectivity index is 2.15. The van der Waals surface area contributed by atoms with Crippen LogP contribution in [0.25, 0.3) is 0 Å². The van der Waals surface area contributed by atoms with Gasteiger partial charge in [0.1, 0.15) is 20.4 Å². The van der Waals surface area contributed by atoms with Crippen molar-refractivity contribution >= 4 is 8.32 Å². The Morgan fingerprint density at radius 2 is 1.51 bits per heavy atom. The summed E-state index contributed by atoms with van der Waals surface area (Å²) in [5, 5.41) is 0.113. The molecule has 7 atom stereocenters. The predicted molar refractivity (Wildman–Crippen MR) is 157 cm³/mol. The summed E-state index contributed by atoms with van der Waals surface area (Å²) in [6, 6.07) is 0. The molecule has 0 unspecified atom stereocenters. The number of methoxy groups -OCH3 is 3. The quantitative estimate of drug-likeness (QED) is 0.153. The first kappa shape index (κ1) is 32.8. The second-order valence-electron chi connectivity index (χ2n) is 14.2. The number of ether oxygens (including phenoxy) is 6. The third-order valence-corrected chi connectivity index (χ3v) is 14.9. The van der Waals surface area contributed by atoms with Crippen molar-refractivity contribution in [1.82, 2.24) is 0 Å². The van der Waals surface area contributed by atoms with E-state index in [9.17, 15) is 0 Å². The maximum atomic E-state index is 7.11. The predicted octanol–water partition coefficient (Wildman–Crippen LogP) is 6.90. The van der Waals surface area contributed by atoms with Crippen molar-refractivity contribution in [1.29, 1.82) is 0 Å². The zero-order chi connectivity index (χ0) is 29.2. The van der Waals surface area contributed by atoms with E-state index in [-0.39, 0.29) is 72.3 Å². The molecule has 39 heavy (non-hydrogen) atoms. The van der Waals surface area contributed by atoms with E-state index in [1.54, 1.807) is 21.3 Å². The van der Waals surface area contributed by atoms with Gasteiger partial charge >= 0.3 is 0 Å². The van der Waals surface area contributed by atoms with Gasteiger partial charge in [0.15, 0.2) is 0 Å².